The fourth-order valence-electron chi connectivity index (χ4n) is 1.90. The maximum Gasteiger partial charge on any atom is 0.164 e. The Morgan fingerprint density at radius 2 is 1.65 bits per heavy atom. The zero-order valence-electron chi connectivity index (χ0n) is 10.4. The smallest absolute Gasteiger partial charge is 0.164 e. The molecule has 3 nitrogen and oxygen atoms in total. The zero-order valence-corrected chi connectivity index (χ0v) is 12.6. The standard InChI is InChI=1S/C14H8Cl3N3/c1-7-12(16)19-14(20-13(7)17)9-4-5-10(15)8-3-2-6-18-11(8)9/h2-6H,1H3. The van der Waals surface area contributed by atoms with E-state index in [9.17, 15) is 0 Å². The second-order valence-corrected chi connectivity index (χ2v) is 5.37. The Hall–Kier alpha value is -1.42. The van der Waals surface area contributed by atoms with Gasteiger partial charge in [0.15, 0.2) is 5.82 Å². The van der Waals surface area contributed by atoms with Crippen molar-refractivity contribution in [1.29, 1.82) is 0 Å². The van der Waals surface area contributed by atoms with Gasteiger partial charge in [0, 0.05) is 22.7 Å². The van der Waals surface area contributed by atoms with Crippen LogP contribution in [0.5, 0.6) is 0 Å². The highest BCUT2D eigenvalue weighted by Gasteiger charge is 2.13. The van der Waals surface area contributed by atoms with E-state index < -0.39 is 0 Å². The zero-order chi connectivity index (χ0) is 14.3. The van der Waals surface area contributed by atoms with Gasteiger partial charge < -0.3 is 0 Å². The number of hydrogen-bond acceptors (Lipinski definition) is 3. The lowest BCUT2D eigenvalue weighted by molar-refractivity contribution is 1.14. The first-order valence-corrected chi connectivity index (χ1v) is 6.94. The Labute approximate surface area is 130 Å². The normalized spacial score (nSPS) is 11.0. The number of halogens is 3. The largest absolute Gasteiger partial charge is 0.255 e. The van der Waals surface area contributed by atoms with Crippen molar-refractivity contribution in [2.45, 2.75) is 6.92 Å². The van der Waals surface area contributed by atoms with Crippen LogP contribution in [0.15, 0.2) is 30.5 Å². The van der Waals surface area contributed by atoms with Gasteiger partial charge in [0.25, 0.3) is 0 Å². The summed E-state index contributed by atoms with van der Waals surface area (Å²) in [5.41, 5.74) is 2.12. The Morgan fingerprint density at radius 3 is 2.35 bits per heavy atom. The van der Waals surface area contributed by atoms with Crippen molar-refractivity contribution in [2.24, 2.45) is 0 Å². The summed E-state index contributed by atoms with van der Waals surface area (Å²) in [5, 5.41) is 2.13. The van der Waals surface area contributed by atoms with Crippen LogP contribution < -0.4 is 0 Å². The number of rotatable bonds is 1. The van der Waals surface area contributed by atoms with Crippen molar-refractivity contribution in [3.63, 3.8) is 0 Å². The average Bonchev–Trinajstić information content (AvgIpc) is 2.45. The predicted octanol–water partition coefficient (Wildman–Crippen LogP) is 4.96. The molecule has 100 valence electrons. The predicted molar refractivity (Wildman–Crippen MR) is 82.5 cm³/mol. The third kappa shape index (κ3) is 2.22. The summed E-state index contributed by atoms with van der Waals surface area (Å²) in [5.74, 6) is 0.436. The van der Waals surface area contributed by atoms with Crippen molar-refractivity contribution in [3.8, 4) is 11.4 Å². The number of fused-ring (bicyclic) bond motifs is 1. The van der Waals surface area contributed by atoms with Gasteiger partial charge in [0.2, 0.25) is 0 Å². The molecule has 0 spiro atoms. The van der Waals surface area contributed by atoms with Gasteiger partial charge in [0.05, 0.1) is 10.5 Å². The molecular weight excluding hydrogens is 317 g/mol. The number of benzene rings is 1. The SMILES string of the molecule is Cc1c(Cl)nc(-c2ccc(Cl)c3cccnc23)nc1Cl. The van der Waals surface area contributed by atoms with Gasteiger partial charge in [0.1, 0.15) is 10.3 Å². The van der Waals surface area contributed by atoms with Gasteiger partial charge in [-0.15, -0.1) is 0 Å². The molecule has 0 radical (unpaired) electrons. The van der Waals surface area contributed by atoms with Gasteiger partial charge >= 0.3 is 0 Å². The number of hydrogen-bond donors (Lipinski definition) is 0. The fourth-order valence-corrected chi connectivity index (χ4v) is 2.51. The highest BCUT2D eigenvalue weighted by molar-refractivity contribution is 6.36. The first-order chi connectivity index (χ1) is 9.58. The lowest BCUT2D eigenvalue weighted by Crippen LogP contribution is -1.95. The van der Waals surface area contributed by atoms with Crippen molar-refractivity contribution in [2.75, 3.05) is 0 Å². The fraction of sp³-hybridized carbons (Fsp3) is 0.0714. The molecule has 0 saturated heterocycles. The first kappa shape index (κ1) is 13.6. The molecule has 0 aliphatic carbocycles. The summed E-state index contributed by atoms with van der Waals surface area (Å²) in [4.78, 5) is 12.9. The summed E-state index contributed by atoms with van der Waals surface area (Å²) in [7, 11) is 0. The maximum absolute atomic E-state index is 6.17. The molecule has 6 heteroatoms. The summed E-state index contributed by atoms with van der Waals surface area (Å²) in [6.07, 6.45) is 1.69. The second-order valence-electron chi connectivity index (χ2n) is 4.25. The molecule has 3 aromatic rings. The minimum atomic E-state index is 0.332. The highest BCUT2D eigenvalue weighted by Crippen LogP contribution is 2.32. The van der Waals surface area contributed by atoms with Crippen molar-refractivity contribution in [3.05, 3.63) is 51.4 Å². The minimum absolute atomic E-state index is 0.332. The molecule has 0 N–H and O–H groups in total. The number of aromatic nitrogens is 3. The Balaban J connectivity index is 2.33. The summed E-state index contributed by atoms with van der Waals surface area (Å²) >= 11 is 18.3. The van der Waals surface area contributed by atoms with Crippen LogP contribution in [0.4, 0.5) is 0 Å². The molecule has 0 fully saturated rings. The van der Waals surface area contributed by atoms with Crippen LogP contribution in [-0.2, 0) is 0 Å². The molecule has 0 amide bonds. The molecule has 2 aromatic heterocycles. The maximum atomic E-state index is 6.17. The Bertz CT molecular complexity index is 795. The Kier molecular flexibility index (Phi) is 3.50. The summed E-state index contributed by atoms with van der Waals surface area (Å²) < 4.78 is 0. The van der Waals surface area contributed by atoms with E-state index in [1.54, 1.807) is 19.2 Å². The molecule has 0 saturated carbocycles. The van der Waals surface area contributed by atoms with Gasteiger partial charge in [-0.05, 0) is 31.2 Å². The van der Waals surface area contributed by atoms with E-state index in [1.165, 1.54) is 0 Å². The van der Waals surface area contributed by atoms with E-state index >= 15 is 0 Å². The van der Waals surface area contributed by atoms with Crippen LogP contribution in [0, 0.1) is 6.92 Å². The summed E-state index contributed by atoms with van der Waals surface area (Å²) in [6.45, 7) is 1.77. The van der Waals surface area contributed by atoms with Gasteiger partial charge in [-0.25, -0.2) is 9.97 Å². The van der Waals surface area contributed by atoms with Crippen LogP contribution in [-0.4, -0.2) is 15.0 Å². The van der Waals surface area contributed by atoms with Crippen LogP contribution in [0.3, 0.4) is 0 Å². The monoisotopic (exact) mass is 323 g/mol. The van der Waals surface area contributed by atoms with Crippen LogP contribution in [0.2, 0.25) is 15.3 Å². The molecule has 0 aliphatic heterocycles. The van der Waals surface area contributed by atoms with Crippen molar-refractivity contribution >= 4 is 45.7 Å². The van der Waals surface area contributed by atoms with Crippen LogP contribution in [0.1, 0.15) is 5.56 Å². The number of nitrogens with zero attached hydrogens (tertiary/aromatic N) is 3. The van der Waals surface area contributed by atoms with Crippen molar-refractivity contribution in [1.82, 2.24) is 15.0 Å². The molecule has 0 atom stereocenters. The van der Waals surface area contributed by atoms with E-state index in [1.807, 2.05) is 18.2 Å². The quantitative estimate of drug-likeness (QED) is 0.594. The van der Waals surface area contributed by atoms with E-state index in [2.05, 4.69) is 15.0 Å². The highest BCUT2D eigenvalue weighted by atomic mass is 35.5. The second kappa shape index (κ2) is 5.17. The first-order valence-electron chi connectivity index (χ1n) is 5.81. The molecule has 1 aromatic carbocycles. The minimum Gasteiger partial charge on any atom is -0.255 e. The van der Waals surface area contributed by atoms with Gasteiger partial charge in [-0.1, -0.05) is 34.8 Å². The number of pyridine rings is 1. The van der Waals surface area contributed by atoms with E-state index in [0.717, 1.165) is 16.5 Å². The molecular formula is C14H8Cl3N3. The molecule has 20 heavy (non-hydrogen) atoms. The van der Waals surface area contributed by atoms with Crippen LogP contribution >= 0.6 is 34.8 Å². The molecule has 3 rings (SSSR count). The van der Waals surface area contributed by atoms with E-state index in [0.29, 0.717) is 26.7 Å². The van der Waals surface area contributed by atoms with E-state index in [-0.39, 0.29) is 0 Å². The molecule has 2 heterocycles. The van der Waals surface area contributed by atoms with Crippen molar-refractivity contribution < 1.29 is 0 Å². The lowest BCUT2D eigenvalue weighted by Gasteiger charge is -2.08. The average molecular weight is 325 g/mol. The topological polar surface area (TPSA) is 38.7 Å². The Morgan fingerprint density at radius 1 is 0.950 bits per heavy atom. The molecule has 0 unspecified atom stereocenters. The lowest BCUT2D eigenvalue weighted by atomic mass is 10.1. The molecule has 0 bridgehead atoms. The van der Waals surface area contributed by atoms with Gasteiger partial charge in [-0.3, -0.25) is 4.98 Å². The summed E-state index contributed by atoms with van der Waals surface area (Å²) in [6, 6.07) is 7.32. The molecule has 0 aliphatic rings. The third-order valence-electron chi connectivity index (χ3n) is 2.98. The third-order valence-corrected chi connectivity index (χ3v) is 4.05. The van der Waals surface area contributed by atoms with Crippen LogP contribution in [0.25, 0.3) is 22.3 Å². The van der Waals surface area contributed by atoms with Gasteiger partial charge in [-0.2, -0.15) is 0 Å². The van der Waals surface area contributed by atoms with E-state index in [4.69, 9.17) is 34.8 Å².